The van der Waals surface area contributed by atoms with Gasteiger partial charge in [-0.25, -0.2) is 4.79 Å². The summed E-state index contributed by atoms with van der Waals surface area (Å²) in [6.07, 6.45) is 5.99. The van der Waals surface area contributed by atoms with E-state index >= 15 is 0 Å². The summed E-state index contributed by atoms with van der Waals surface area (Å²) < 4.78 is 43.8. The maximum Gasteiger partial charge on any atom is 0.490 e. The van der Waals surface area contributed by atoms with Crippen LogP contribution in [0.25, 0.3) is 0 Å². The molecular formula is C21H27F3N2O5. The molecule has 1 amide bonds. The van der Waals surface area contributed by atoms with Crippen LogP contribution in [0.2, 0.25) is 0 Å². The van der Waals surface area contributed by atoms with Crippen LogP contribution in [0, 0.1) is 5.92 Å². The Kier molecular flexibility index (Phi) is 7.74. The Labute approximate surface area is 178 Å². The number of nitrogens with zero attached hydrogens (tertiary/aromatic N) is 2. The van der Waals surface area contributed by atoms with Gasteiger partial charge in [0.1, 0.15) is 18.0 Å². The molecule has 1 N–H and O–H groups in total. The smallest absolute Gasteiger partial charge is 0.484 e. The monoisotopic (exact) mass is 444 g/mol. The van der Waals surface area contributed by atoms with Gasteiger partial charge in [-0.2, -0.15) is 13.2 Å². The zero-order chi connectivity index (χ0) is 22.4. The summed E-state index contributed by atoms with van der Waals surface area (Å²) in [5, 5.41) is 7.12. The molecule has 1 aromatic rings. The van der Waals surface area contributed by atoms with Crippen LogP contribution in [0.4, 0.5) is 13.2 Å². The first-order valence-electron chi connectivity index (χ1n) is 10.5. The van der Waals surface area contributed by atoms with Crippen molar-refractivity contribution < 1.29 is 37.3 Å². The first-order chi connectivity index (χ1) is 14.8. The van der Waals surface area contributed by atoms with Crippen LogP contribution in [-0.2, 0) is 14.3 Å². The minimum absolute atomic E-state index is 0.00789. The minimum Gasteiger partial charge on any atom is -0.484 e. The number of carbonyl (C=O) groups excluding carboxylic acids is 1. The molecule has 2 saturated heterocycles. The molecular weight excluding hydrogens is 417 g/mol. The Balaban J connectivity index is 0.000000339. The Hall–Kier alpha value is -2.36. The molecule has 0 bridgehead atoms. The van der Waals surface area contributed by atoms with E-state index in [0.29, 0.717) is 24.8 Å². The number of likely N-dealkylation sites (tertiary alicyclic amines) is 1. The number of aromatic nitrogens is 1. The van der Waals surface area contributed by atoms with E-state index in [1.165, 1.54) is 25.7 Å². The van der Waals surface area contributed by atoms with E-state index in [0.717, 1.165) is 25.2 Å². The van der Waals surface area contributed by atoms with Crippen LogP contribution in [-0.4, -0.2) is 64.4 Å². The van der Waals surface area contributed by atoms with E-state index in [9.17, 15) is 18.0 Å². The second-order valence-electron chi connectivity index (χ2n) is 8.09. The fraction of sp³-hybridized carbons (Fsp3) is 0.667. The van der Waals surface area contributed by atoms with Crippen LogP contribution in [0.15, 0.2) is 24.5 Å². The Morgan fingerprint density at radius 2 is 1.94 bits per heavy atom. The standard InChI is InChI=1S/C19H26N2O3.C2HF3O2/c22-18(11-14-5-1-2-6-14)21-13-17(19-16(21)8-4-10-23-19)24-15-7-3-9-20-12-15;3-2(4,5)1(6)7/h3,7,9,12,14,16-17,19H,1-2,4-6,8,10-11,13H2;(H,6,7)/t16-,17-,19+;/m1./s1. The van der Waals surface area contributed by atoms with Crippen molar-refractivity contribution in [2.45, 2.75) is 69.4 Å². The lowest BCUT2D eigenvalue weighted by molar-refractivity contribution is -0.192. The molecule has 3 aliphatic rings. The van der Waals surface area contributed by atoms with E-state index in [1.54, 1.807) is 12.4 Å². The Morgan fingerprint density at radius 1 is 1.23 bits per heavy atom. The fourth-order valence-electron chi connectivity index (χ4n) is 4.47. The highest BCUT2D eigenvalue weighted by Crippen LogP contribution is 2.34. The van der Waals surface area contributed by atoms with Gasteiger partial charge in [0.15, 0.2) is 0 Å². The minimum atomic E-state index is -5.08. The van der Waals surface area contributed by atoms with Crippen LogP contribution in [0.1, 0.15) is 44.9 Å². The molecule has 4 rings (SSSR count). The summed E-state index contributed by atoms with van der Waals surface area (Å²) in [6.45, 7) is 1.40. The van der Waals surface area contributed by atoms with Crippen molar-refractivity contribution in [3.8, 4) is 5.75 Å². The van der Waals surface area contributed by atoms with Gasteiger partial charge in [0.2, 0.25) is 5.91 Å². The van der Waals surface area contributed by atoms with Crippen molar-refractivity contribution in [3.05, 3.63) is 24.5 Å². The van der Waals surface area contributed by atoms with Crippen molar-refractivity contribution in [2.75, 3.05) is 13.2 Å². The number of amides is 1. The Bertz CT molecular complexity index is 740. The molecule has 3 atom stereocenters. The summed E-state index contributed by atoms with van der Waals surface area (Å²) >= 11 is 0. The molecule has 1 saturated carbocycles. The molecule has 0 radical (unpaired) electrons. The lowest BCUT2D eigenvalue weighted by Gasteiger charge is -2.32. The molecule has 1 aromatic heterocycles. The number of halogens is 3. The number of hydrogen-bond donors (Lipinski definition) is 1. The topological polar surface area (TPSA) is 89.0 Å². The van der Waals surface area contributed by atoms with Crippen LogP contribution in [0.5, 0.6) is 5.75 Å². The predicted octanol–water partition coefficient (Wildman–Crippen LogP) is 3.43. The Morgan fingerprint density at radius 3 is 2.55 bits per heavy atom. The van der Waals surface area contributed by atoms with Gasteiger partial charge in [0, 0.05) is 19.2 Å². The number of fused-ring (bicyclic) bond motifs is 1. The summed E-state index contributed by atoms with van der Waals surface area (Å²) in [6, 6.07) is 3.95. The molecule has 0 unspecified atom stereocenters. The van der Waals surface area contributed by atoms with Crippen LogP contribution < -0.4 is 4.74 Å². The number of carboxylic acids is 1. The summed E-state index contributed by atoms with van der Waals surface area (Å²) in [5.41, 5.74) is 0. The normalized spacial score (nSPS) is 26.0. The number of carboxylic acid groups (broad SMARTS) is 1. The summed E-state index contributed by atoms with van der Waals surface area (Å²) in [7, 11) is 0. The molecule has 0 aromatic carbocycles. The highest BCUT2D eigenvalue weighted by Gasteiger charge is 2.47. The quantitative estimate of drug-likeness (QED) is 0.766. The number of hydrogen-bond acceptors (Lipinski definition) is 5. The van der Waals surface area contributed by atoms with Crippen molar-refractivity contribution in [3.63, 3.8) is 0 Å². The van der Waals surface area contributed by atoms with E-state index in [2.05, 4.69) is 4.98 Å². The number of ether oxygens (including phenoxy) is 2. The predicted molar refractivity (Wildman–Crippen MR) is 103 cm³/mol. The molecule has 7 nitrogen and oxygen atoms in total. The first-order valence-corrected chi connectivity index (χ1v) is 10.5. The van der Waals surface area contributed by atoms with Gasteiger partial charge in [0.05, 0.1) is 18.8 Å². The summed E-state index contributed by atoms with van der Waals surface area (Å²) in [5.74, 6) is -1.13. The third-order valence-electron chi connectivity index (χ3n) is 5.90. The van der Waals surface area contributed by atoms with E-state index in [1.807, 2.05) is 17.0 Å². The number of pyridine rings is 1. The fourth-order valence-corrected chi connectivity index (χ4v) is 4.47. The van der Waals surface area contributed by atoms with Gasteiger partial charge in [-0.1, -0.05) is 12.8 Å². The second kappa shape index (κ2) is 10.3. The van der Waals surface area contributed by atoms with Gasteiger partial charge in [0.25, 0.3) is 0 Å². The third-order valence-corrected chi connectivity index (χ3v) is 5.90. The maximum atomic E-state index is 12.9. The molecule has 3 heterocycles. The summed E-state index contributed by atoms with van der Waals surface area (Å²) in [4.78, 5) is 27.9. The van der Waals surface area contributed by atoms with Crippen molar-refractivity contribution in [2.24, 2.45) is 5.92 Å². The van der Waals surface area contributed by atoms with Gasteiger partial charge in [-0.05, 0) is 43.7 Å². The van der Waals surface area contributed by atoms with Crippen LogP contribution in [0.3, 0.4) is 0 Å². The highest BCUT2D eigenvalue weighted by atomic mass is 19.4. The van der Waals surface area contributed by atoms with Gasteiger partial charge < -0.3 is 19.5 Å². The molecule has 0 spiro atoms. The zero-order valence-electron chi connectivity index (χ0n) is 17.1. The van der Waals surface area contributed by atoms with Gasteiger partial charge >= 0.3 is 12.1 Å². The molecule has 1 aliphatic carbocycles. The first kappa shape index (κ1) is 23.3. The third kappa shape index (κ3) is 6.32. The van der Waals surface area contributed by atoms with Crippen LogP contribution >= 0.6 is 0 Å². The molecule has 3 fully saturated rings. The van der Waals surface area contributed by atoms with Crippen molar-refractivity contribution >= 4 is 11.9 Å². The average molecular weight is 444 g/mol. The van der Waals surface area contributed by atoms with Crippen molar-refractivity contribution in [1.29, 1.82) is 0 Å². The zero-order valence-corrected chi connectivity index (χ0v) is 17.1. The molecule has 31 heavy (non-hydrogen) atoms. The molecule has 2 aliphatic heterocycles. The number of aliphatic carboxylic acids is 1. The maximum absolute atomic E-state index is 12.9. The average Bonchev–Trinajstić information content (AvgIpc) is 3.37. The highest BCUT2D eigenvalue weighted by molar-refractivity contribution is 5.77. The van der Waals surface area contributed by atoms with E-state index in [-0.39, 0.29) is 18.2 Å². The number of alkyl halides is 3. The second-order valence-corrected chi connectivity index (χ2v) is 8.09. The number of rotatable bonds is 4. The number of carbonyl (C=O) groups is 2. The van der Waals surface area contributed by atoms with Gasteiger partial charge in [-0.15, -0.1) is 0 Å². The van der Waals surface area contributed by atoms with Gasteiger partial charge in [-0.3, -0.25) is 9.78 Å². The largest absolute Gasteiger partial charge is 0.490 e. The molecule has 172 valence electrons. The molecule has 10 heteroatoms. The van der Waals surface area contributed by atoms with Crippen molar-refractivity contribution in [1.82, 2.24) is 9.88 Å². The lowest BCUT2D eigenvalue weighted by atomic mass is 10.0. The van der Waals surface area contributed by atoms with E-state index < -0.39 is 12.1 Å². The van der Waals surface area contributed by atoms with E-state index in [4.69, 9.17) is 19.4 Å². The lowest BCUT2D eigenvalue weighted by Crippen LogP contribution is -2.44. The SMILES string of the molecule is O=C(CC1CCCC1)N1C[C@@H](Oc2cccnc2)[C@H]2OCCC[C@H]21.O=C(O)C(F)(F)F.